The molecule has 52 heavy (non-hydrogen) atoms. The molecule has 2 aromatic heterocycles. The first kappa shape index (κ1) is 35.9. The van der Waals surface area contributed by atoms with Gasteiger partial charge in [-0.25, -0.2) is 18.2 Å². The largest absolute Gasteiger partial charge is 0.472 e. The molecule has 4 amide bonds. The molecule has 1 saturated heterocycles. The summed E-state index contributed by atoms with van der Waals surface area (Å²) in [6, 6.07) is 2.85. The summed E-state index contributed by atoms with van der Waals surface area (Å²) >= 11 is 6.36. The van der Waals surface area contributed by atoms with E-state index in [1.165, 1.54) is 4.90 Å². The van der Waals surface area contributed by atoms with Crippen LogP contribution in [0.2, 0.25) is 5.02 Å². The molecule has 1 aromatic carbocycles. The number of ether oxygens (including phenoxy) is 1. The van der Waals surface area contributed by atoms with Crippen LogP contribution >= 0.6 is 11.6 Å². The number of hydrogen-bond acceptors (Lipinski definition) is 9. The SMILES string of the molecule is C[C@H]1CCC=C[C@@H]2C[C@@]2(C(=O)NS(=O)(=O)C2(C)CC2)NC(=O)[C@@H]2C[C@@H](Oc3nc4nccn4c4ccc(Cl)cc34)CN2C(=O)[C@@H](NC(=O)O)[C@H](C)C1. The van der Waals surface area contributed by atoms with Crippen LogP contribution in [0.4, 0.5) is 4.79 Å². The molecular weight excluding hydrogens is 714 g/mol. The maximum Gasteiger partial charge on any atom is 0.405 e. The van der Waals surface area contributed by atoms with E-state index in [9.17, 15) is 32.7 Å². The fourth-order valence-corrected chi connectivity index (χ4v) is 9.07. The van der Waals surface area contributed by atoms with E-state index < -0.39 is 74.1 Å². The van der Waals surface area contributed by atoms with Crippen LogP contribution in [0.15, 0.2) is 42.7 Å². The molecule has 3 fully saturated rings. The Labute approximate surface area is 305 Å². The van der Waals surface area contributed by atoms with Gasteiger partial charge in [-0.1, -0.05) is 37.6 Å². The van der Waals surface area contributed by atoms with Crippen LogP contribution in [0.5, 0.6) is 5.88 Å². The lowest BCUT2D eigenvalue weighted by Crippen LogP contribution is -2.59. The summed E-state index contributed by atoms with van der Waals surface area (Å²) in [7, 11) is -4.01. The van der Waals surface area contributed by atoms with Crippen LogP contribution in [0.1, 0.15) is 65.7 Å². The molecule has 3 aromatic rings. The fourth-order valence-electron chi connectivity index (χ4n) is 7.58. The van der Waals surface area contributed by atoms with Gasteiger partial charge in [-0.2, -0.15) is 4.98 Å². The number of sulfonamides is 1. The van der Waals surface area contributed by atoms with Gasteiger partial charge in [-0.3, -0.25) is 23.5 Å². The van der Waals surface area contributed by atoms with Gasteiger partial charge in [0.15, 0.2) is 0 Å². The van der Waals surface area contributed by atoms with Crippen LogP contribution in [0, 0.1) is 17.8 Å². The molecule has 4 N–H and O–H groups in total. The van der Waals surface area contributed by atoms with Crippen LogP contribution in [0.25, 0.3) is 16.7 Å². The summed E-state index contributed by atoms with van der Waals surface area (Å²) in [5.74, 6) is -2.37. The number of aromatic nitrogens is 3. The summed E-state index contributed by atoms with van der Waals surface area (Å²) < 4.78 is 35.6. The summed E-state index contributed by atoms with van der Waals surface area (Å²) in [6.45, 7) is 5.30. The van der Waals surface area contributed by atoms with E-state index in [0.29, 0.717) is 47.4 Å². The first-order valence-electron chi connectivity index (χ1n) is 17.6. The lowest BCUT2D eigenvalue weighted by molar-refractivity contribution is -0.142. The van der Waals surface area contributed by atoms with Gasteiger partial charge >= 0.3 is 6.09 Å². The van der Waals surface area contributed by atoms with E-state index in [4.69, 9.17) is 16.3 Å². The molecule has 17 heteroatoms. The van der Waals surface area contributed by atoms with E-state index in [1.54, 1.807) is 48.8 Å². The lowest BCUT2D eigenvalue weighted by atomic mass is 9.88. The van der Waals surface area contributed by atoms with Crippen molar-refractivity contribution in [1.29, 1.82) is 0 Å². The van der Waals surface area contributed by atoms with E-state index >= 15 is 0 Å². The number of carboxylic acid groups (broad SMARTS) is 1. The standard InChI is InChI=1S/C35H42ClN7O8S/c1-19-6-4-5-7-21-17-35(21,31(46)41-52(49,50)34(3)10-11-34)40-28(44)26-16-23(18-43(26)30(45)27(20(2)14-19)38-33(47)48)51-29-24-15-22(36)8-9-25(24)42-13-12-37-32(42)39-29/h5,7-9,12-13,15,19-21,23,26-27,38H,4,6,10-11,14,16-18H2,1-3H3,(H,40,44)(H,41,46)(H,47,48)/t19-,20+,21+,23+,26-,27-,35+/m0/s1. The average Bonchev–Trinajstić information content (AvgIpc) is 3.86. The molecule has 4 aliphatic rings. The summed E-state index contributed by atoms with van der Waals surface area (Å²) in [4.78, 5) is 64.8. The molecule has 15 nitrogen and oxygen atoms in total. The Balaban J connectivity index is 1.24. The number of imidazole rings is 1. The smallest absolute Gasteiger partial charge is 0.405 e. The fraction of sp³-hybridized carbons (Fsp3) is 0.543. The topological polar surface area (TPSA) is 201 Å². The monoisotopic (exact) mass is 755 g/mol. The van der Waals surface area contributed by atoms with Crippen molar-refractivity contribution >= 4 is 62.1 Å². The molecule has 0 bridgehead atoms. The molecule has 7 atom stereocenters. The Hall–Kier alpha value is -4.44. The van der Waals surface area contributed by atoms with Crippen molar-refractivity contribution < 1.29 is 37.4 Å². The first-order valence-corrected chi connectivity index (χ1v) is 19.4. The maximum atomic E-state index is 14.4. The van der Waals surface area contributed by atoms with E-state index in [-0.39, 0.29) is 31.2 Å². The van der Waals surface area contributed by atoms with Crippen molar-refractivity contribution in [2.24, 2.45) is 17.8 Å². The van der Waals surface area contributed by atoms with Gasteiger partial charge in [0.05, 0.1) is 22.2 Å². The number of nitrogens with zero attached hydrogens (tertiary/aromatic N) is 4. The zero-order valence-corrected chi connectivity index (χ0v) is 30.6. The quantitative estimate of drug-likeness (QED) is 0.270. The van der Waals surface area contributed by atoms with Crippen LogP contribution in [-0.2, 0) is 24.4 Å². The predicted molar refractivity (Wildman–Crippen MR) is 190 cm³/mol. The van der Waals surface area contributed by atoms with Gasteiger partial charge in [0.1, 0.15) is 23.7 Å². The highest BCUT2D eigenvalue weighted by molar-refractivity contribution is 7.91. The zero-order chi connectivity index (χ0) is 37.2. The minimum atomic E-state index is -4.01. The minimum Gasteiger partial charge on any atom is -0.472 e. The zero-order valence-electron chi connectivity index (χ0n) is 29.0. The van der Waals surface area contributed by atoms with Gasteiger partial charge in [0.2, 0.25) is 33.5 Å². The second-order valence-electron chi connectivity index (χ2n) is 15.1. The van der Waals surface area contributed by atoms with Crippen molar-refractivity contribution in [3.8, 4) is 5.88 Å². The van der Waals surface area contributed by atoms with Gasteiger partial charge < -0.3 is 25.4 Å². The Morgan fingerprint density at radius 1 is 1.17 bits per heavy atom. The number of carbonyl (C=O) groups excluding carboxylic acids is 3. The molecule has 7 rings (SSSR count). The Kier molecular flexibility index (Phi) is 9.12. The predicted octanol–water partition coefficient (Wildman–Crippen LogP) is 3.41. The highest BCUT2D eigenvalue weighted by atomic mass is 35.5. The highest BCUT2D eigenvalue weighted by Gasteiger charge is 2.63. The number of rotatable bonds is 6. The van der Waals surface area contributed by atoms with Crippen molar-refractivity contribution in [2.75, 3.05) is 6.54 Å². The number of nitrogens with one attached hydrogen (secondary N) is 3. The number of halogens is 1. The first-order chi connectivity index (χ1) is 24.6. The van der Waals surface area contributed by atoms with E-state index in [0.717, 1.165) is 6.42 Å². The van der Waals surface area contributed by atoms with Crippen molar-refractivity contribution in [1.82, 2.24) is 34.6 Å². The molecule has 2 aliphatic carbocycles. The number of fused-ring (bicyclic) bond motifs is 5. The third-order valence-electron chi connectivity index (χ3n) is 11.1. The highest BCUT2D eigenvalue weighted by Crippen LogP contribution is 2.47. The van der Waals surface area contributed by atoms with Gasteiger partial charge in [0.25, 0.3) is 5.91 Å². The second kappa shape index (κ2) is 13.2. The molecule has 0 radical (unpaired) electrons. The van der Waals surface area contributed by atoms with Crippen molar-refractivity contribution in [3.05, 3.63) is 47.8 Å². The maximum absolute atomic E-state index is 14.4. The van der Waals surface area contributed by atoms with Gasteiger partial charge in [0, 0.05) is 29.8 Å². The molecular formula is C35H42ClN7O8S. The second-order valence-corrected chi connectivity index (χ2v) is 17.7. The third kappa shape index (κ3) is 6.66. The van der Waals surface area contributed by atoms with Crippen LogP contribution < -0.4 is 20.1 Å². The van der Waals surface area contributed by atoms with Gasteiger partial charge in [-0.15, -0.1) is 0 Å². The number of amides is 4. The number of allylic oxidation sites excluding steroid dienone is 1. The third-order valence-corrected chi connectivity index (χ3v) is 13.5. The Bertz CT molecular complexity index is 2100. The van der Waals surface area contributed by atoms with E-state index in [2.05, 4.69) is 25.3 Å². The molecule has 2 aliphatic heterocycles. The number of benzene rings is 1. The van der Waals surface area contributed by atoms with E-state index in [1.807, 2.05) is 19.1 Å². The lowest BCUT2D eigenvalue weighted by Gasteiger charge is -2.32. The summed E-state index contributed by atoms with van der Waals surface area (Å²) in [5.41, 5.74) is -0.842. The molecule has 4 heterocycles. The molecule has 0 unspecified atom stereocenters. The summed E-state index contributed by atoms with van der Waals surface area (Å²) in [6.07, 6.45) is 7.82. The normalized spacial score (nSPS) is 30.4. The van der Waals surface area contributed by atoms with Crippen LogP contribution in [-0.4, -0.2) is 91.6 Å². The summed E-state index contributed by atoms with van der Waals surface area (Å²) in [5, 5.41) is 16.0. The van der Waals surface area contributed by atoms with Crippen LogP contribution in [0.3, 0.4) is 0 Å². The molecule has 2 saturated carbocycles. The van der Waals surface area contributed by atoms with Crippen molar-refractivity contribution in [3.63, 3.8) is 0 Å². The Morgan fingerprint density at radius 2 is 1.94 bits per heavy atom. The average molecular weight is 756 g/mol. The molecule has 278 valence electrons. The number of carbonyl (C=O) groups is 4. The van der Waals surface area contributed by atoms with Gasteiger partial charge in [-0.05, 0) is 75.5 Å². The minimum absolute atomic E-state index is 0.0277. The Morgan fingerprint density at radius 3 is 2.67 bits per heavy atom. The molecule has 0 spiro atoms. The number of hydrogen-bond donors (Lipinski definition) is 4. The van der Waals surface area contributed by atoms with Crippen molar-refractivity contribution in [2.45, 2.75) is 94.2 Å².